The molecule has 13 heavy (non-hydrogen) atoms. The summed E-state index contributed by atoms with van der Waals surface area (Å²) in [5.74, 6) is 1.85. The molecule has 0 aromatic heterocycles. The fraction of sp³-hybridized carbons (Fsp3) is 1.00. The van der Waals surface area contributed by atoms with Crippen molar-refractivity contribution in [2.24, 2.45) is 11.7 Å². The van der Waals surface area contributed by atoms with E-state index < -0.39 is 0 Å². The molecule has 1 nitrogen and oxygen atoms in total. The van der Waals surface area contributed by atoms with E-state index in [1.807, 2.05) is 11.8 Å². The Kier molecular flexibility index (Phi) is 7.87. The molecule has 0 fully saturated rings. The predicted octanol–water partition coefficient (Wildman–Crippen LogP) is 3.28. The van der Waals surface area contributed by atoms with Crippen molar-refractivity contribution >= 4 is 11.8 Å². The second-order valence-electron chi connectivity index (χ2n) is 3.79. The molecule has 0 heterocycles. The maximum atomic E-state index is 6.12. The summed E-state index contributed by atoms with van der Waals surface area (Å²) in [6.07, 6.45) is 3.69. The number of rotatable bonds is 7. The zero-order valence-electron chi connectivity index (χ0n) is 9.55. The van der Waals surface area contributed by atoms with Crippen LogP contribution in [-0.4, -0.2) is 17.0 Å². The molecule has 0 aromatic rings. The van der Waals surface area contributed by atoms with Gasteiger partial charge < -0.3 is 5.73 Å². The van der Waals surface area contributed by atoms with Crippen LogP contribution in [-0.2, 0) is 0 Å². The first-order valence-corrected chi connectivity index (χ1v) is 6.57. The summed E-state index contributed by atoms with van der Waals surface area (Å²) in [7, 11) is 0. The average molecular weight is 203 g/mol. The first kappa shape index (κ1) is 13.3. The smallest absolute Gasteiger partial charge is 0.0158 e. The summed E-state index contributed by atoms with van der Waals surface area (Å²) in [6, 6.07) is 0.397. The van der Waals surface area contributed by atoms with Gasteiger partial charge in [-0.25, -0.2) is 0 Å². The second-order valence-corrected chi connectivity index (χ2v) is 5.26. The second kappa shape index (κ2) is 7.69. The number of nitrogens with two attached hydrogens (primary N) is 1. The van der Waals surface area contributed by atoms with Crippen LogP contribution < -0.4 is 5.73 Å². The van der Waals surface area contributed by atoms with Gasteiger partial charge in [-0.2, -0.15) is 11.8 Å². The van der Waals surface area contributed by atoms with Crippen molar-refractivity contribution in [1.82, 2.24) is 0 Å². The fourth-order valence-electron chi connectivity index (χ4n) is 1.42. The summed E-state index contributed by atoms with van der Waals surface area (Å²) in [5, 5.41) is 0.764. The molecule has 0 bridgehead atoms. The minimum Gasteiger partial charge on any atom is -0.327 e. The van der Waals surface area contributed by atoms with E-state index in [0.717, 1.165) is 16.9 Å². The molecular formula is C11H25NS. The van der Waals surface area contributed by atoms with E-state index in [9.17, 15) is 0 Å². The quantitative estimate of drug-likeness (QED) is 0.687. The lowest BCUT2D eigenvalue weighted by Crippen LogP contribution is -2.32. The third kappa shape index (κ3) is 5.58. The van der Waals surface area contributed by atoms with Gasteiger partial charge in [0.25, 0.3) is 0 Å². The van der Waals surface area contributed by atoms with Crippen molar-refractivity contribution in [2.75, 3.05) is 5.75 Å². The maximum Gasteiger partial charge on any atom is 0.0158 e. The van der Waals surface area contributed by atoms with E-state index in [0.29, 0.717) is 6.04 Å². The van der Waals surface area contributed by atoms with E-state index >= 15 is 0 Å². The fourth-order valence-corrected chi connectivity index (χ4v) is 2.48. The molecule has 2 heteroatoms. The molecule has 2 atom stereocenters. The predicted molar refractivity (Wildman–Crippen MR) is 64.3 cm³/mol. The topological polar surface area (TPSA) is 26.0 Å². The van der Waals surface area contributed by atoms with Crippen LogP contribution in [0.5, 0.6) is 0 Å². The van der Waals surface area contributed by atoms with Crippen molar-refractivity contribution in [3.8, 4) is 0 Å². The highest BCUT2D eigenvalue weighted by Crippen LogP contribution is 2.19. The molecule has 0 aliphatic carbocycles. The van der Waals surface area contributed by atoms with Crippen molar-refractivity contribution < 1.29 is 0 Å². The van der Waals surface area contributed by atoms with Gasteiger partial charge in [0.2, 0.25) is 0 Å². The van der Waals surface area contributed by atoms with Gasteiger partial charge in [0.1, 0.15) is 0 Å². The van der Waals surface area contributed by atoms with Gasteiger partial charge in [-0.1, -0.05) is 40.5 Å². The van der Waals surface area contributed by atoms with Crippen LogP contribution in [0, 0.1) is 5.92 Å². The molecule has 2 unspecified atom stereocenters. The zero-order valence-corrected chi connectivity index (χ0v) is 10.4. The molecule has 0 aromatic carbocycles. The highest BCUT2D eigenvalue weighted by Gasteiger charge is 2.14. The number of thioether (sulfide) groups is 1. The van der Waals surface area contributed by atoms with Gasteiger partial charge >= 0.3 is 0 Å². The first-order chi connectivity index (χ1) is 6.15. The van der Waals surface area contributed by atoms with E-state index in [4.69, 9.17) is 5.73 Å². The van der Waals surface area contributed by atoms with Crippen molar-refractivity contribution in [2.45, 2.75) is 58.2 Å². The Morgan fingerprint density at radius 1 is 1.08 bits per heavy atom. The molecular weight excluding hydrogens is 178 g/mol. The molecule has 2 N–H and O–H groups in total. The van der Waals surface area contributed by atoms with Gasteiger partial charge in [0.05, 0.1) is 0 Å². The van der Waals surface area contributed by atoms with Gasteiger partial charge in [0.15, 0.2) is 0 Å². The third-order valence-corrected chi connectivity index (χ3v) is 4.28. The van der Waals surface area contributed by atoms with Crippen LogP contribution in [0.15, 0.2) is 0 Å². The summed E-state index contributed by atoms with van der Waals surface area (Å²) >= 11 is 2.02. The third-order valence-electron chi connectivity index (χ3n) is 2.80. The van der Waals surface area contributed by atoms with E-state index in [2.05, 4.69) is 27.7 Å². The average Bonchev–Trinajstić information content (AvgIpc) is 2.16. The Bertz CT molecular complexity index is 113. The summed E-state index contributed by atoms with van der Waals surface area (Å²) in [5.41, 5.74) is 6.12. The van der Waals surface area contributed by atoms with Gasteiger partial charge in [0, 0.05) is 17.0 Å². The van der Waals surface area contributed by atoms with E-state index in [-0.39, 0.29) is 0 Å². The molecule has 0 saturated carbocycles. The summed E-state index contributed by atoms with van der Waals surface area (Å²) < 4.78 is 0. The van der Waals surface area contributed by atoms with Crippen LogP contribution >= 0.6 is 11.8 Å². The maximum absolute atomic E-state index is 6.12. The Morgan fingerprint density at radius 2 is 1.62 bits per heavy atom. The minimum atomic E-state index is 0.397. The molecule has 0 saturated heterocycles. The highest BCUT2D eigenvalue weighted by atomic mass is 32.2. The first-order valence-electron chi connectivity index (χ1n) is 5.52. The zero-order chi connectivity index (χ0) is 10.3. The molecule has 0 aliphatic rings. The Hall–Kier alpha value is 0.310. The SMILES string of the molecule is CCC(C)SCC(N)C(CC)CC. The largest absolute Gasteiger partial charge is 0.327 e. The highest BCUT2D eigenvalue weighted by molar-refractivity contribution is 7.99. The summed E-state index contributed by atoms with van der Waals surface area (Å²) in [4.78, 5) is 0. The lowest BCUT2D eigenvalue weighted by atomic mass is 9.96. The van der Waals surface area contributed by atoms with Crippen LogP contribution in [0.1, 0.15) is 47.0 Å². The van der Waals surface area contributed by atoms with E-state index in [1.54, 1.807) is 0 Å². The van der Waals surface area contributed by atoms with Crippen LogP contribution in [0.2, 0.25) is 0 Å². The minimum absolute atomic E-state index is 0.397. The lowest BCUT2D eigenvalue weighted by Gasteiger charge is -2.22. The Labute approximate surface area is 87.9 Å². The van der Waals surface area contributed by atoms with Crippen LogP contribution in [0.4, 0.5) is 0 Å². The van der Waals surface area contributed by atoms with Gasteiger partial charge in [-0.15, -0.1) is 0 Å². The molecule has 0 spiro atoms. The molecule has 0 amide bonds. The molecule has 80 valence electrons. The van der Waals surface area contributed by atoms with Crippen molar-refractivity contribution in [3.63, 3.8) is 0 Å². The number of hydrogen-bond acceptors (Lipinski definition) is 2. The Morgan fingerprint density at radius 3 is 2.00 bits per heavy atom. The normalized spacial score (nSPS) is 16.2. The van der Waals surface area contributed by atoms with Gasteiger partial charge in [-0.05, 0) is 12.3 Å². The lowest BCUT2D eigenvalue weighted by molar-refractivity contribution is 0.421. The molecule has 0 rings (SSSR count). The molecule has 0 radical (unpaired) electrons. The van der Waals surface area contributed by atoms with Crippen LogP contribution in [0.3, 0.4) is 0 Å². The molecule has 0 aliphatic heterocycles. The van der Waals surface area contributed by atoms with Crippen LogP contribution in [0.25, 0.3) is 0 Å². The van der Waals surface area contributed by atoms with Gasteiger partial charge in [-0.3, -0.25) is 0 Å². The van der Waals surface area contributed by atoms with Crippen molar-refractivity contribution in [3.05, 3.63) is 0 Å². The monoisotopic (exact) mass is 203 g/mol. The van der Waals surface area contributed by atoms with Crippen molar-refractivity contribution in [1.29, 1.82) is 0 Å². The Balaban J connectivity index is 3.65. The summed E-state index contributed by atoms with van der Waals surface area (Å²) in [6.45, 7) is 8.99. The number of hydrogen-bond donors (Lipinski definition) is 1. The standard InChI is InChI=1S/C11H25NS/c1-5-9(4)13-8-11(12)10(6-2)7-3/h9-11H,5-8,12H2,1-4H3. The van der Waals surface area contributed by atoms with E-state index in [1.165, 1.54) is 19.3 Å².